The van der Waals surface area contributed by atoms with E-state index in [-0.39, 0.29) is 0 Å². The minimum Gasteiger partial charge on any atom is -0.396 e. The highest BCUT2D eigenvalue weighted by Crippen LogP contribution is 2.13. The minimum atomic E-state index is -3.36. The van der Waals surface area contributed by atoms with Gasteiger partial charge in [0.25, 0.3) is 10.0 Å². The average molecular weight is 296 g/mol. The van der Waals surface area contributed by atoms with Crippen LogP contribution in [0.1, 0.15) is 12.6 Å². The van der Waals surface area contributed by atoms with E-state index >= 15 is 0 Å². The third kappa shape index (κ3) is 3.31. The van der Waals surface area contributed by atoms with Crippen LogP contribution in [0, 0.1) is 0 Å². The van der Waals surface area contributed by atoms with E-state index in [1.165, 1.54) is 12.4 Å². The van der Waals surface area contributed by atoms with Crippen LogP contribution in [0.5, 0.6) is 0 Å². The van der Waals surface area contributed by atoms with Gasteiger partial charge in [-0.3, -0.25) is 0 Å². The first-order valence-electron chi connectivity index (χ1n) is 4.06. The molecule has 0 saturated heterocycles. The van der Waals surface area contributed by atoms with E-state index < -0.39 is 10.0 Å². The quantitative estimate of drug-likeness (QED) is 0.609. The molecule has 1 aromatic heterocycles. The Kier molecular flexibility index (Phi) is 3.86. The standard InChI is InChI=1S/C7H10BrN3O3S/c1-3-14-9-4-7-6(8)5-11(10-7)15(2,12)13/h4-5H,3H2,1-2H3/b9-4-. The molecule has 0 bridgehead atoms. The predicted molar refractivity (Wildman–Crippen MR) is 59.4 cm³/mol. The second-order valence-corrected chi connectivity index (χ2v) is 5.34. The summed E-state index contributed by atoms with van der Waals surface area (Å²) in [6.07, 6.45) is 3.76. The molecule has 0 aromatic carbocycles. The molecule has 0 amide bonds. The summed E-state index contributed by atoms with van der Waals surface area (Å²) in [5.74, 6) is 0. The van der Waals surface area contributed by atoms with Crippen molar-refractivity contribution >= 4 is 32.2 Å². The number of hydrogen-bond donors (Lipinski definition) is 0. The Morgan fingerprint density at radius 3 is 2.87 bits per heavy atom. The van der Waals surface area contributed by atoms with Gasteiger partial charge in [0.2, 0.25) is 0 Å². The van der Waals surface area contributed by atoms with Crippen LogP contribution < -0.4 is 0 Å². The Bertz CT molecular complexity index is 466. The minimum absolute atomic E-state index is 0.397. The van der Waals surface area contributed by atoms with Gasteiger partial charge in [0.15, 0.2) is 0 Å². The molecule has 1 aromatic rings. The Labute approximate surface area is 96.1 Å². The fourth-order valence-corrected chi connectivity index (χ4v) is 1.81. The van der Waals surface area contributed by atoms with Crippen molar-refractivity contribution in [2.75, 3.05) is 12.9 Å². The summed E-state index contributed by atoms with van der Waals surface area (Å²) in [5.41, 5.74) is 0.397. The van der Waals surface area contributed by atoms with Crippen LogP contribution in [-0.2, 0) is 14.9 Å². The summed E-state index contributed by atoms with van der Waals surface area (Å²) < 4.78 is 23.7. The van der Waals surface area contributed by atoms with E-state index in [0.29, 0.717) is 16.8 Å². The zero-order valence-electron chi connectivity index (χ0n) is 8.21. The van der Waals surface area contributed by atoms with Gasteiger partial charge in [-0.1, -0.05) is 5.16 Å². The van der Waals surface area contributed by atoms with Crippen LogP contribution in [0.2, 0.25) is 0 Å². The van der Waals surface area contributed by atoms with Crippen molar-refractivity contribution in [3.63, 3.8) is 0 Å². The second-order valence-electron chi connectivity index (χ2n) is 2.65. The molecule has 0 aliphatic rings. The van der Waals surface area contributed by atoms with Gasteiger partial charge < -0.3 is 4.84 Å². The first-order chi connectivity index (χ1) is 6.95. The first kappa shape index (κ1) is 12.2. The number of rotatable bonds is 4. The number of aromatic nitrogens is 2. The Hall–Kier alpha value is -0.890. The van der Waals surface area contributed by atoms with Gasteiger partial charge in [0.1, 0.15) is 12.3 Å². The van der Waals surface area contributed by atoms with Crippen molar-refractivity contribution in [2.45, 2.75) is 6.92 Å². The SMILES string of the molecule is CCO/N=C\c1nn(S(C)(=O)=O)cc1Br. The molecule has 6 nitrogen and oxygen atoms in total. The van der Waals surface area contributed by atoms with Gasteiger partial charge in [0, 0.05) is 0 Å². The van der Waals surface area contributed by atoms with Crippen molar-refractivity contribution < 1.29 is 13.3 Å². The Balaban J connectivity index is 2.97. The Morgan fingerprint density at radius 1 is 1.73 bits per heavy atom. The number of hydrogen-bond acceptors (Lipinski definition) is 5. The van der Waals surface area contributed by atoms with Crippen molar-refractivity contribution in [3.05, 3.63) is 16.4 Å². The van der Waals surface area contributed by atoms with Crippen LogP contribution in [-0.4, -0.2) is 36.7 Å². The number of halogens is 1. The highest BCUT2D eigenvalue weighted by atomic mass is 79.9. The lowest BCUT2D eigenvalue weighted by Gasteiger charge is -1.93. The summed E-state index contributed by atoms with van der Waals surface area (Å²) in [5, 5.41) is 7.40. The van der Waals surface area contributed by atoms with E-state index in [9.17, 15) is 8.42 Å². The molecular weight excluding hydrogens is 286 g/mol. The molecule has 0 aliphatic heterocycles. The molecule has 1 heterocycles. The lowest BCUT2D eigenvalue weighted by atomic mass is 10.5. The second kappa shape index (κ2) is 4.75. The number of oxime groups is 1. The van der Waals surface area contributed by atoms with Crippen molar-refractivity contribution in [2.24, 2.45) is 5.16 Å². The van der Waals surface area contributed by atoms with E-state index in [1.807, 2.05) is 0 Å². The highest BCUT2D eigenvalue weighted by Gasteiger charge is 2.11. The molecule has 15 heavy (non-hydrogen) atoms. The third-order valence-corrected chi connectivity index (χ3v) is 2.87. The van der Waals surface area contributed by atoms with E-state index in [1.54, 1.807) is 6.92 Å². The van der Waals surface area contributed by atoms with Crippen molar-refractivity contribution in [1.82, 2.24) is 9.19 Å². The van der Waals surface area contributed by atoms with Crippen LogP contribution in [0.3, 0.4) is 0 Å². The van der Waals surface area contributed by atoms with Gasteiger partial charge >= 0.3 is 0 Å². The maximum Gasteiger partial charge on any atom is 0.250 e. The average Bonchev–Trinajstić information content (AvgIpc) is 2.48. The summed E-state index contributed by atoms with van der Waals surface area (Å²) in [6, 6.07) is 0. The lowest BCUT2D eigenvalue weighted by Crippen LogP contribution is -2.10. The van der Waals surface area contributed by atoms with E-state index in [4.69, 9.17) is 4.84 Å². The molecule has 0 spiro atoms. The molecule has 0 aliphatic carbocycles. The number of nitrogens with zero attached hydrogens (tertiary/aromatic N) is 3. The zero-order valence-corrected chi connectivity index (χ0v) is 10.6. The molecule has 0 atom stereocenters. The predicted octanol–water partition coefficient (Wildman–Crippen LogP) is 0.824. The largest absolute Gasteiger partial charge is 0.396 e. The Morgan fingerprint density at radius 2 is 2.40 bits per heavy atom. The summed E-state index contributed by atoms with van der Waals surface area (Å²) in [7, 11) is -3.36. The van der Waals surface area contributed by atoms with Gasteiger partial charge in [-0.05, 0) is 22.9 Å². The fraction of sp³-hybridized carbons (Fsp3) is 0.429. The summed E-state index contributed by atoms with van der Waals surface area (Å²) in [6.45, 7) is 2.24. The lowest BCUT2D eigenvalue weighted by molar-refractivity contribution is 0.160. The smallest absolute Gasteiger partial charge is 0.250 e. The molecule has 0 radical (unpaired) electrons. The molecule has 0 unspecified atom stereocenters. The van der Waals surface area contributed by atoms with Crippen LogP contribution in [0.4, 0.5) is 0 Å². The molecule has 84 valence electrons. The van der Waals surface area contributed by atoms with Gasteiger partial charge in [-0.15, -0.1) is 0 Å². The molecule has 0 saturated carbocycles. The molecular formula is C7H10BrN3O3S. The highest BCUT2D eigenvalue weighted by molar-refractivity contribution is 9.10. The van der Waals surface area contributed by atoms with Crippen molar-refractivity contribution in [3.8, 4) is 0 Å². The normalized spacial score (nSPS) is 12.2. The van der Waals surface area contributed by atoms with Gasteiger partial charge in [0.05, 0.1) is 23.1 Å². The summed E-state index contributed by atoms with van der Waals surface area (Å²) in [4.78, 5) is 4.74. The molecule has 0 fully saturated rings. The molecule has 1 rings (SSSR count). The monoisotopic (exact) mass is 295 g/mol. The molecule has 0 N–H and O–H groups in total. The first-order valence-corrected chi connectivity index (χ1v) is 6.70. The zero-order chi connectivity index (χ0) is 11.5. The maximum atomic E-state index is 11.1. The van der Waals surface area contributed by atoms with Crippen LogP contribution in [0.25, 0.3) is 0 Å². The topological polar surface area (TPSA) is 73.6 Å². The van der Waals surface area contributed by atoms with Crippen LogP contribution in [0.15, 0.2) is 15.8 Å². The van der Waals surface area contributed by atoms with Crippen LogP contribution >= 0.6 is 15.9 Å². The maximum absolute atomic E-state index is 11.1. The third-order valence-electron chi connectivity index (χ3n) is 1.39. The molecule has 8 heteroatoms. The van der Waals surface area contributed by atoms with Gasteiger partial charge in [-0.25, -0.2) is 8.42 Å². The van der Waals surface area contributed by atoms with Gasteiger partial charge in [-0.2, -0.15) is 9.19 Å². The fourth-order valence-electron chi connectivity index (χ4n) is 0.765. The van der Waals surface area contributed by atoms with E-state index in [2.05, 4.69) is 26.2 Å². The van der Waals surface area contributed by atoms with E-state index in [0.717, 1.165) is 10.3 Å². The van der Waals surface area contributed by atoms with Crippen molar-refractivity contribution in [1.29, 1.82) is 0 Å². The summed E-state index contributed by atoms with van der Waals surface area (Å²) >= 11 is 3.17.